The van der Waals surface area contributed by atoms with Crippen molar-refractivity contribution < 1.29 is 9.59 Å². The third-order valence-corrected chi connectivity index (χ3v) is 7.08. The van der Waals surface area contributed by atoms with Crippen molar-refractivity contribution in [2.75, 3.05) is 18.8 Å². The molecule has 1 aliphatic heterocycles. The van der Waals surface area contributed by atoms with Crippen molar-refractivity contribution >= 4 is 39.4 Å². The number of ketones is 1. The van der Waals surface area contributed by atoms with Gasteiger partial charge in [0, 0.05) is 33.9 Å². The maximum absolute atomic E-state index is 12.6. The Balaban J connectivity index is 1.52. The number of halogens is 1. The largest absolute Gasteiger partial charge is 0.342 e. The minimum atomic E-state index is 0.0282. The van der Waals surface area contributed by atoms with Crippen LogP contribution in [-0.2, 0) is 4.79 Å². The summed E-state index contributed by atoms with van der Waals surface area (Å²) in [5.74, 6) is 0.836. The molecule has 1 amide bonds. The van der Waals surface area contributed by atoms with E-state index in [2.05, 4.69) is 41.9 Å². The third kappa shape index (κ3) is 5.02. The Bertz CT molecular complexity index is 830. The van der Waals surface area contributed by atoms with E-state index in [1.54, 1.807) is 11.8 Å². The fourth-order valence-corrected chi connectivity index (χ4v) is 4.84. The molecule has 1 saturated heterocycles. The van der Waals surface area contributed by atoms with Crippen LogP contribution >= 0.6 is 27.7 Å². The number of carbonyl (C=O) groups is 2. The molecule has 2 aromatic rings. The smallest absolute Gasteiger partial charge is 0.232 e. The van der Waals surface area contributed by atoms with Crippen LogP contribution in [0.15, 0.2) is 51.8 Å². The fourth-order valence-electron chi connectivity index (χ4n) is 3.37. The Morgan fingerprint density at radius 1 is 1.07 bits per heavy atom. The first-order valence-electron chi connectivity index (χ1n) is 9.22. The highest BCUT2D eigenvalue weighted by Crippen LogP contribution is 2.29. The first-order valence-corrected chi connectivity index (χ1v) is 11.0. The summed E-state index contributed by atoms with van der Waals surface area (Å²) in [7, 11) is 0. The van der Waals surface area contributed by atoms with Crippen molar-refractivity contribution in [2.24, 2.45) is 5.92 Å². The molecule has 1 heterocycles. The molecule has 0 N–H and O–H groups in total. The van der Waals surface area contributed by atoms with Gasteiger partial charge in [0.05, 0.1) is 5.75 Å². The number of hydrogen-bond donors (Lipinski definition) is 0. The Labute approximate surface area is 173 Å². The van der Waals surface area contributed by atoms with E-state index in [-0.39, 0.29) is 17.6 Å². The lowest BCUT2D eigenvalue weighted by atomic mass is 9.89. The van der Waals surface area contributed by atoms with Crippen molar-refractivity contribution in [3.8, 4) is 0 Å². The highest BCUT2D eigenvalue weighted by Gasteiger charge is 2.27. The molecule has 0 saturated carbocycles. The van der Waals surface area contributed by atoms with Crippen LogP contribution in [0.1, 0.15) is 34.3 Å². The average molecular weight is 446 g/mol. The molecule has 0 aliphatic carbocycles. The van der Waals surface area contributed by atoms with Gasteiger partial charge in [0.15, 0.2) is 5.78 Å². The molecule has 0 aromatic heterocycles. The summed E-state index contributed by atoms with van der Waals surface area (Å²) >= 11 is 5.14. The van der Waals surface area contributed by atoms with E-state index in [4.69, 9.17) is 0 Å². The quantitative estimate of drug-likeness (QED) is 0.463. The van der Waals surface area contributed by atoms with Gasteiger partial charge in [-0.1, -0.05) is 46.3 Å². The first-order chi connectivity index (χ1) is 13.0. The number of benzene rings is 2. The molecule has 0 bridgehead atoms. The lowest BCUT2D eigenvalue weighted by Crippen LogP contribution is -2.41. The van der Waals surface area contributed by atoms with Gasteiger partial charge in [0.1, 0.15) is 0 Å². The molecule has 3 nitrogen and oxygen atoms in total. The molecule has 27 heavy (non-hydrogen) atoms. The molecule has 1 fully saturated rings. The van der Waals surface area contributed by atoms with E-state index in [0.29, 0.717) is 18.8 Å². The second-order valence-electron chi connectivity index (χ2n) is 7.04. The summed E-state index contributed by atoms with van der Waals surface area (Å²) in [6.45, 7) is 5.46. The number of likely N-dealkylation sites (tertiary alicyclic amines) is 1. The van der Waals surface area contributed by atoms with Gasteiger partial charge in [-0.25, -0.2) is 0 Å². The van der Waals surface area contributed by atoms with E-state index < -0.39 is 0 Å². The number of piperidine rings is 1. The summed E-state index contributed by atoms with van der Waals surface area (Å²) in [4.78, 5) is 28.2. The number of aryl methyl sites for hydroxylation is 2. The SMILES string of the molecule is Cc1cc(SCC(=O)N2CCC(C(=O)c3ccccc3)CC2)c(C)cc1Br. The zero-order valence-electron chi connectivity index (χ0n) is 15.7. The topological polar surface area (TPSA) is 37.4 Å². The Morgan fingerprint density at radius 3 is 2.41 bits per heavy atom. The van der Waals surface area contributed by atoms with Crippen LogP contribution in [0.3, 0.4) is 0 Å². The molecule has 0 spiro atoms. The number of Topliss-reactive ketones (excluding diaryl/α,β-unsaturated/α-hetero) is 1. The highest BCUT2D eigenvalue weighted by molar-refractivity contribution is 9.10. The van der Waals surface area contributed by atoms with E-state index in [1.165, 1.54) is 11.1 Å². The molecular formula is C22H24BrNO2S. The minimum Gasteiger partial charge on any atom is -0.342 e. The molecular weight excluding hydrogens is 422 g/mol. The van der Waals surface area contributed by atoms with Crippen molar-refractivity contribution in [1.29, 1.82) is 0 Å². The zero-order chi connectivity index (χ0) is 19.4. The van der Waals surface area contributed by atoms with Gasteiger partial charge in [-0.15, -0.1) is 11.8 Å². The number of amides is 1. The molecule has 1 aliphatic rings. The summed E-state index contributed by atoms with van der Waals surface area (Å²) in [5.41, 5.74) is 3.13. The predicted octanol–water partition coefficient (Wildman–Crippen LogP) is 5.28. The Morgan fingerprint density at radius 2 is 1.74 bits per heavy atom. The molecule has 0 atom stereocenters. The van der Waals surface area contributed by atoms with Gasteiger partial charge in [0.2, 0.25) is 5.91 Å². The highest BCUT2D eigenvalue weighted by atomic mass is 79.9. The third-order valence-electron chi connectivity index (χ3n) is 5.08. The number of hydrogen-bond acceptors (Lipinski definition) is 3. The summed E-state index contributed by atoms with van der Waals surface area (Å²) in [6.07, 6.45) is 1.50. The second kappa shape index (κ2) is 9.07. The zero-order valence-corrected chi connectivity index (χ0v) is 18.1. The number of rotatable bonds is 5. The van der Waals surface area contributed by atoms with Crippen LogP contribution in [0.2, 0.25) is 0 Å². The van der Waals surface area contributed by atoms with E-state index in [9.17, 15) is 9.59 Å². The second-order valence-corrected chi connectivity index (χ2v) is 8.91. The van der Waals surface area contributed by atoms with Crippen molar-refractivity contribution in [2.45, 2.75) is 31.6 Å². The van der Waals surface area contributed by atoms with Gasteiger partial charge >= 0.3 is 0 Å². The van der Waals surface area contributed by atoms with Crippen LogP contribution in [-0.4, -0.2) is 35.4 Å². The molecule has 5 heteroatoms. The van der Waals surface area contributed by atoms with Gasteiger partial charge in [0.25, 0.3) is 0 Å². The molecule has 0 radical (unpaired) electrons. The maximum Gasteiger partial charge on any atom is 0.232 e. The summed E-state index contributed by atoms with van der Waals surface area (Å²) in [5, 5.41) is 0. The van der Waals surface area contributed by atoms with Gasteiger partial charge in [-0.3, -0.25) is 9.59 Å². The normalized spacial score (nSPS) is 15.0. The number of nitrogens with zero attached hydrogens (tertiary/aromatic N) is 1. The van der Waals surface area contributed by atoms with Crippen LogP contribution in [0.4, 0.5) is 0 Å². The fraction of sp³-hybridized carbons (Fsp3) is 0.364. The number of thioether (sulfide) groups is 1. The maximum atomic E-state index is 12.6. The summed E-state index contributed by atoms with van der Waals surface area (Å²) < 4.78 is 1.10. The van der Waals surface area contributed by atoms with Crippen molar-refractivity contribution in [3.63, 3.8) is 0 Å². The predicted molar refractivity (Wildman–Crippen MR) is 114 cm³/mol. The molecule has 3 rings (SSSR count). The Kier molecular flexibility index (Phi) is 6.77. The summed E-state index contributed by atoms with van der Waals surface area (Å²) in [6, 6.07) is 13.7. The minimum absolute atomic E-state index is 0.0282. The number of carbonyl (C=O) groups excluding carboxylic acids is 2. The standard InChI is InChI=1S/C22H24BrNO2S/c1-15-13-20(16(2)12-19(15)23)27-14-21(25)24-10-8-18(9-11-24)22(26)17-6-4-3-5-7-17/h3-7,12-13,18H,8-11,14H2,1-2H3. The average Bonchev–Trinajstić information content (AvgIpc) is 2.69. The van der Waals surface area contributed by atoms with Crippen LogP contribution in [0.5, 0.6) is 0 Å². The molecule has 0 unspecified atom stereocenters. The van der Waals surface area contributed by atoms with Crippen LogP contribution in [0.25, 0.3) is 0 Å². The van der Waals surface area contributed by atoms with Gasteiger partial charge in [-0.05, 0) is 49.9 Å². The Hall–Kier alpha value is -1.59. The van der Waals surface area contributed by atoms with E-state index in [0.717, 1.165) is 27.8 Å². The van der Waals surface area contributed by atoms with E-state index in [1.807, 2.05) is 35.2 Å². The lowest BCUT2D eigenvalue weighted by molar-refractivity contribution is -0.129. The lowest BCUT2D eigenvalue weighted by Gasteiger charge is -2.31. The molecule has 2 aromatic carbocycles. The van der Waals surface area contributed by atoms with Gasteiger partial charge in [-0.2, -0.15) is 0 Å². The van der Waals surface area contributed by atoms with Crippen LogP contribution in [0, 0.1) is 19.8 Å². The van der Waals surface area contributed by atoms with Crippen LogP contribution < -0.4 is 0 Å². The van der Waals surface area contributed by atoms with E-state index >= 15 is 0 Å². The first kappa shape index (κ1) is 20.2. The van der Waals surface area contributed by atoms with Gasteiger partial charge < -0.3 is 4.90 Å². The molecule has 142 valence electrons. The monoisotopic (exact) mass is 445 g/mol. The van der Waals surface area contributed by atoms with Crippen molar-refractivity contribution in [1.82, 2.24) is 4.90 Å². The van der Waals surface area contributed by atoms with Crippen molar-refractivity contribution in [3.05, 3.63) is 63.6 Å².